The van der Waals surface area contributed by atoms with Crippen LogP contribution in [0.2, 0.25) is 0 Å². The van der Waals surface area contributed by atoms with Crippen molar-refractivity contribution in [2.75, 3.05) is 13.1 Å². The van der Waals surface area contributed by atoms with Crippen LogP contribution in [0, 0.1) is 11.6 Å². The van der Waals surface area contributed by atoms with Crippen molar-refractivity contribution in [3.63, 3.8) is 0 Å². The lowest BCUT2D eigenvalue weighted by Crippen LogP contribution is -2.56. The molecule has 0 saturated carbocycles. The molecule has 1 fully saturated rings. The summed E-state index contributed by atoms with van der Waals surface area (Å²) in [5.74, 6) is -2.19. The van der Waals surface area contributed by atoms with Crippen LogP contribution < -0.4 is 5.32 Å². The van der Waals surface area contributed by atoms with Gasteiger partial charge in [-0.3, -0.25) is 4.79 Å². The van der Waals surface area contributed by atoms with Gasteiger partial charge in [0.2, 0.25) is 0 Å². The topological polar surface area (TPSA) is 32.3 Å². The van der Waals surface area contributed by atoms with Gasteiger partial charge in [-0.15, -0.1) is 0 Å². The van der Waals surface area contributed by atoms with Gasteiger partial charge in [0, 0.05) is 25.2 Å². The lowest BCUT2D eigenvalue weighted by atomic mass is 10.1. The molecule has 1 saturated heterocycles. The quantitative estimate of drug-likeness (QED) is 0.828. The Morgan fingerprint density at radius 3 is 2.56 bits per heavy atom. The summed E-state index contributed by atoms with van der Waals surface area (Å²) in [6.45, 7) is 4.87. The first-order valence-electron chi connectivity index (χ1n) is 5.99. The Labute approximate surface area is 105 Å². The zero-order valence-corrected chi connectivity index (χ0v) is 10.4. The molecule has 3 nitrogen and oxygen atoms in total. The molecule has 1 aliphatic heterocycles. The average molecular weight is 254 g/mol. The summed E-state index contributed by atoms with van der Waals surface area (Å²) in [5.41, 5.74) is -0.460. The Kier molecular flexibility index (Phi) is 3.61. The van der Waals surface area contributed by atoms with E-state index >= 15 is 0 Å². The molecule has 1 aliphatic rings. The highest BCUT2D eigenvalue weighted by Gasteiger charge is 2.30. The van der Waals surface area contributed by atoms with Crippen LogP contribution in [0.3, 0.4) is 0 Å². The third kappa shape index (κ3) is 2.36. The Hall–Kier alpha value is -1.49. The highest BCUT2D eigenvalue weighted by atomic mass is 19.1. The number of hydrogen-bond donors (Lipinski definition) is 1. The molecule has 2 rings (SSSR count). The first kappa shape index (κ1) is 13.0. The minimum absolute atomic E-state index is 0.0762. The van der Waals surface area contributed by atoms with Crippen molar-refractivity contribution in [3.8, 4) is 0 Å². The first-order valence-corrected chi connectivity index (χ1v) is 5.99. The number of rotatable bonds is 1. The number of carbonyl (C=O) groups is 1. The Balaban J connectivity index is 2.30. The molecule has 5 heteroatoms. The molecule has 0 aromatic heterocycles. The van der Waals surface area contributed by atoms with Gasteiger partial charge in [0.25, 0.3) is 5.91 Å². The molecule has 1 heterocycles. The monoisotopic (exact) mass is 254 g/mol. The molecule has 2 atom stereocenters. The summed E-state index contributed by atoms with van der Waals surface area (Å²) in [6.07, 6.45) is 0. The molecule has 1 amide bonds. The number of halogens is 2. The fourth-order valence-electron chi connectivity index (χ4n) is 2.15. The van der Waals surface area contributed by atoms with Crippen LogP contribution in [-0.2, 0) is 0 Å². The van der Waals surface area contributed by atoms with Crippen molar-refractivity contribution in [2.45, 2.75) is 25.9 Å². The number of benzene rings is 1. The van der Waals surface area contributed by atoms with E-state index in [1.165, 1.54) is 11.0 Å². The highest BCUT2D eigenvalue weighted by Crippen LogP contribution is 2.18. The van der Waals surface area contributed by atoms with Crippen molar-refractivity contribution >= 4 is 5.91 Å². The zero-order chi connectivity index (χ0) is 13.3. The second-order valence-corrected chi connectivity index (χ2v) is 4.71. The lowest BCUT2D eigenvalue weighted by Gasteiger charge is -2.37. The van der Waals surface area contributed by atoms with E-state index in [1.54, 1.807) is 0 Å². The van der Waals surface area contributed by atoms with Gasteiger partial charge in [0.05, 0.1) is 0 Å². The normalized spacial score (nSPS) is 24.1. The van der Waals surface area contributed by atoms with E-state index in [-0.39, 0.29) is 12.1 Å². The average Bonchev–Trinajstić information content (AvgIpc) is 2.32. The minimum Gasteiger partial charge on any atom is -0.333 e. The third-order valence-electron chi connectivity index (χ3n) is 3.20. The number of piperazine rings is 1. The van der Waals surface area contributed by atoms with Crippen LogP contribution in [0.4, 0.5) is 8.78 Å². The van der Waals surface area contributed by atoms with Crippen LogP contribution in [0.5, 0.6) is 0 Å². The zero-order valence-electron chi connectivity index (χ0n) is 10.4. The largest absolute Gasteiger partial charge is 0.333 e. The molecule has 1 aromatic rings. The van der Waals surface area contributed by atoms with Gasteiger partial charge in [-0.2, -0.15) is 0 Å². The third-order valence-corrected chi connectivity index (χ3v) is 3.20. The van der Waals surface area contributed by atoms with Gasteiger partial charge < -0.3 is 10.2 Å². The number of amides is 1. The molecule has 2 unspecified atom stereocenters. The van der Waals surface area contributed by atoms with Crippen molar-refractivity contribution in [1.82, 2.24) is 10.2 Å². The van der Waals surface area contributed by atoms with Crippen LogP contribution in [0.25, 0.3) is 0 Å². The van der Waals surface area contributed by atoms with E-state index in [9.17, 15) is 13.6 Å². The summed E-state index contributed by atoms with van der Waals surface area (Å²) in [7, 11) is 0. The van der Waals surface area contributed by atoms with Crippen LogP contribution >= 0.6 is 0 Å². The maximum atomic E-state index is 13.6. The number of hydrogen-bond acceptors (Lipinski definition) is 2. The second-order valence-electron chi connectivity index (χ2n) is 4.71. The summed E-state index contributed by atoms with van der Waals surface area (Å²) >= 11 is 0. The number of nitrogens with one attached hydrogen (secondary N) is 1. The maximum Gasteiger partial charge on any atom is 0.260 e. The van der Waals surface area contributed by atoms with E-state index in [4.69, 9.17) is 0 Å². The van der Waals surface area contributed by atoms with Gasteiger partial charge in [0.1, 0.15) is 17.2 Å². The maximum absolute atomic E-state index is 13.6. The minimum atomic E-state index is -0.807. The van der Waals surface area contributed by atoms with E-state index in [0.717, 1.165) is 12.1 Å². The molecule has 0 spiro atoms. The smallest absolute Gasteiger partial charge is 0.260 e. The number of carbonyl (C=O) groups excluding carboxylic acids is 1. The molecule has 18 heavy (non-hydrogen) atoms. The fourth-order valence-corrected chi connectivity index (χ4v) is 2.15. The van der Waals surface area contributed by atoms with Crippen LogP contribution in [0.1, 0.15) is 24.2 Å². The molecule has 1 N–H and O–H groups in total. The first-order chi connectivity index (χ1) is 8.50. The van der Waals surface area contributed by atoms with Gasteiger partial charge in [-0.05, 0) is 26.0 Å². The highest BCUT2D eigenvalue weighted by molar-refractivity contribution is 5.95. The van der Waals surface area contributed by atoms with E-state index in [0.29, 0.717) is 13.1 Å². The van der Waals surface area contributed by atoms with Crippen molar-refractivity contribution < 1.29 is 13.6 Å². The Morgan fingerprint density at radius 2 is 1.94 bits per heavy atom. The Morgan fingerprint density at radius 1 is 1.33 bits per heavy atom. The van der Waals surface area contributed by atoms with Gasteiger partial charge in [0.15, 0.2) is 0 Å². The molecular formula is C13H16F2N2O. The van der Waals surface area contributed by atoms with Gasteiger partial charge in [-0.1, -0.05) is 6.07 Å². The van der Waals surface area contributed by atoms with Crippen molar-refractivity contribution in [1.29, 1.82) is 0 Å². The van der Waals surface area contributed by atoms with Gasteiger partial charge >= 0.3 is 0 Å². The lowest BCUT2D eigenvalue weighted by molar-refractivity contribution is 0.0606. The second kappa shape index (κ2) is 5.02. The molecular weight excluding hydrogens is 238 g/mol. The van der Waals surface area contributed by atoms with E-state index in [2.05, 4.69) is 5.32 Å². The molecule has 0 radical (unpaired) electrons. The molecule has 98 valence electrons. The number of nitrogens with zero attached hydrogens (tertiary/aromatic N) is 1. The molecule has 0 aliphatic carbocycles. The van der Waals surface area contributed by atoms with Gasteiger partial charge in [-0.25, -0.2) is 8.78 Å². The van der Waals surface area contributed by atoms with E-state index in [1.807, 2.05) is 13.8 Å². The predicted octanol–water partition coefficient (Wildman–Crippen LogP) is 1.79. The summed E-state index contributed by atoms with van der Waals surface area (Å²) in [6, 6.07) is 3.51. The molecule has 1 aromatic carbocycles. The summed E-state index contributed by atoms with van der Waals surface area (Å²) in [4.78, 5) is 13.7. The van der Waals surface area contributed by atoms with Crippen molar-refractivity contribution in [2.24, 2.45) is 0 Å². The van der Waals surface area contributed by atoms with Crippen LogP contribution in [-0.4, -0.2) is 36.0 Å². The fraction of sp³-hybridized carbons (Fsp3) is 0.462. The van der Waals surface area contributed by atoms with Crippen LogP contribution in [0.15, 0.2) is 18.2 Å². The summed E-state index contributed by atoms with van der Waals surface area (Å²) in [5, 5.41) is 3.22. The predicted molar refractivity (Wildman–Crippen MR) is 64.3 cm³/mol. The van der Waals surface area contributed by atoms with Crippen molar-refractivity contribution in [3.05, 3.63) is 35.4 Å². The SMILES string of the molecule is CC1CN(C(=O)c2c(F)cccc2F)C(C)CN1. The molecule has 0 bridgehead atoms. The standard InChI is InChI=1S/C13H16F2N2O/c1-8-7-17(9(2)6-16-8)13(18)12-10(14)4-3-5-11(12)15/h3-5,8-9,16H,6-7H2,1-2H3. The summed E-state index contributed by atoms with van der Waals surface area (Å²) < 4.78 is 27.2. The Bertz CT molecular complexity index is 444. The van der Waals surface area contributed by atoms with E-state index < -0.39 is 23.1 Å².